The first-order chi connectivity index (χ1) is 19.9. The van der Waals surface area contributed by atoms with Crippen molar-refractivity contribution in [2.24, 2.45) is 0 Å². The van der Waals surface area contributed by atoms with E-state index < -0.39 is 6.04 Å². The zero-order valence-electron chi connectivity index (χ0n) is 22.8. The lowest BCUT2D eigenvalue weighted by atomic mass is 9.94. The summed E-state index contributed by atoms with van der Waals surface area (Å²) in [6, 6.07) is 12.4. The first-order valence-electron chi connectivity index (χ1n) is 13.9. The SMILES string of the molecule is CN(c1ccc(Cc2cnn(C3CCN(c4ncccc4F)CC3)c2)c2cccc(C=O)c12)C1CCC(=O)NC1=O. The van der Waals surface area contributed by atoms with Gasteiger partial charge >= 0.3 is 0 Å². The fourth-order valence-electron chi connectivity index (χ4n) is 6.08. The van der Waals surface area contributed by atoms with Crippen LogP contribution in [-0.2, 0) is 16.0 Å². The van der Waals surface area contributed by atoms with Gasteiger partial charge in [0, 0.05) is 62.0 Å². The van der Waals surface area contributed by atoms with Gasteiger partial charge in [0.05, 0.1) is 12.2 Å². The number of hydrogen-bond donors (Lipinski definition) is 1. The van der Waals surface area contributed by atoms with Crippen molar-refractivity contribution in [3.8, 4) is 0 Å². The average molecular weight is 555 g/mol. The molecule has 0 spiro atoms. The summed E-state index contributed by atoms with van der Waals surface area (Å²) in [4.78, 5) is 44.4. The second-order valence-corrected chi connectivity index (χ2v) is 10.7. The Morgan fingerprint density at radius 2 is 1.93 bits per heavy atom. The molecular formula is C31H31FN6O3. The van der Waals surface area contributed by atoms with Crippen molar-refractivity contribution in [1.82, 2.24) is 20.1 Å². The fraction of sp³-hybridized carbons (Fsp3) is 0.323. The second kappa shape index (κ2) is 11.1. The maximum absolute atomic E-state index is 14.2. The van der Waals surface area contributed by atoms with Crippen LogP contribution in [0.25, 0.3) is 10.8 Å². The van der Waals surface area contributed by atoms with Gasteiger partial charge in [0.15, 0.2) is 17.9 Å². The van der Waals surface area contributed by atoms with E-state index in [0.29, 0.717) is 37.3 Å². The predicted molar refractivity (Wildman–Crippen MR) is 154 cm³/mol. The zero-order valence-corrected chi connectivity index (χ0v) is 22.8. The van der Waals surface area contributed by atoms with Crippen LogP contribution in [-0.4, -0.2) is 59.0 Å². The lowest BCUT2D eigenvalue weighted by molar-refractivity contribution is -0.134. The first-order valence-corrected chi connectivity index (χ1v) is 13.9. The van der Waals surface area contributed by atoms with Crippen molar-refractivity contribution in [3.63, 3.8) is 0 Å². The minimum Gasteiger partial charge on any atom is -0.362 e. The van der Waals surface area contributed by atoms with Crippen LogP contribution in [0.15, 0.2) is 61.1 Å². The van der Waals surface area contributed by atoms with Crippen molar-refractivity contribution in [2.75, 3.05) is 29.9 Å². The second-order valence-electron chi connectivity index (χ2n) is 10.7. The number of anilines is 2. The number of amides is 2. The maximum Gasteiger partial charge on any atom is 0.249 e. The molecular weight excluding hydrogens is 523 g/mol. The molecule has 1 atom stereocenters. The molecule has 0 radical (unpaired) electrons. The van der Waals surface area contributed by atoms with Crippen LogP contribution < -0.4 is 15.1 Å². The van der Waals surface area contributed by atoms with Crippen LogP contribution in [0.4, 0.5) is 15.9 Å². The van der Waals surface area contributed by atoms with E-state index in [1.165, 1.54) is 6.07 Å². The highest BCUT2D eigenvalue weighted by Crippen LogP contribution is 2.35. The Bertz CT molecular complexity index is 1630. The molecule has 6 rings (SSSR count). The smallest absolute Gasteiger partial charge is 0.249 e. The molecule has 4 heterocycles. The van der Waals surface area contributed by atoms with E-state index in [1.807, 2.05) is 52.0 Å². The number of carbonyl (C=O) groups is 3. The molecule has 41 heavy (non-hydrogen) atoms. The molecule has 2 fully saturated rings. The van der Waals surface area contributed by atoms with Gasteiger partial charge in [-0.25, -0.2) is 9.37 Å². The minimum atomic E-state index is -0.500. The lowest BCUT2D eigenvalue weighted by Crippen LogP contribution is -2.51. The number of pyridine rings is 1. The first kappa shape index (κ1) is 26.6. The summed E-state index contributed by atoms with van der Waals surface area (Å²) >= 11 is 0. The van der Waals surface area contributed by atoms with Crippen LogP contribution >= 0.6 is 0 Å². The van der Waals surface area contributed by atoms with Crippen LogP contribution in [0.1, 0.15) is 53.2 Å². The molecule has 2 aromatic carbocycles. The van der Waals surface area contributed by atoms with Crippen molar-refractivity contribution >= 4 is 40.4 Å². The van der Waals surface area contributed by atoms with Gasteiger partial charge in [-0.3, -0.25) is 24.4 Å². The number of benzene rings is 2. The Morgan fingerprint density at radius 1 is 1.10 bits per heavy atom. The summed E-state index contributed by atoms with van der Waals surface area (Å²) in [7, 11) is 1.83. The molecule has 4 aromatic rings. The molecule has 0 aliphatic carbocycles. The van der Waals surface area contributed by atoms with E-state index in [9.17, 15) is 18.8 Å². The summed E-state index contributed by atoms with van der Waals surface area (Å²) in [6.07, 6.45) is 9.40. The molecule has 2 aromatic heterocycles. The largest absolute Gasteiger partial charge is 0.362 e. The van der Waals surface area contributed by atoms with Gasteiger partial charge in [0.2, 0.25) is 11.8 Å². The Labute approximate surface area is 237 Å². The van der Waals surface area contributed by atoms with Gasteiger partial charge in [-0.1, -0.05) is 24.3 Å². The van der Waals surface area contributed by atoms with E-state index >= 15 is 0 Å². The number of piperidine rings is 2. The highest BCUT2D eigenvalue weighted by Gasteiger charge is 2.31. The Balaban J connectivity index is 1.22. The Hall–Kier alpha value is -4.60. The van der Waals surface area contributed by atoms with Gasteiger partial charge in [0.25, 0.3) is 0 Å². The molecule has 2 saturated heterocycles. The number of halogens is 1. The molecule has 9 nitrogen and oxygen atoms in total. The molecule has 1 N–H and O–H groups in total. The number of hydrogen-bond acceptors (Lipinski definition) is 7. The molecule has 0 saturated carbocycles. The standard InChI is InChI=1S/C31H31FN6O3/c1-36(27-9-10-28(40)35-31(27)41)26-8-7-21(24-5-2-4-22(19-39)29(24)26)16-20-17-34-38(18-20)23-11-14-37(15-12-23)30-25(32)6-3-13-33-30/h2-8,13,17-19,23,27H,9-12,14-16H2,1H3,(H,35,40,41). The van der Waals surface area contributed by atoms with E-state index in [2.05, 4.69) is 21.6 Å². The van der Waals surface area contributed by atoms with Crippen LogP contribution in [0.5, 0.6) is 0 Å². The monoisotopic (exact) mass is 554 g/mol. The third kappa shape index (κ3) is 5.17. The molecule has 2 amide bonds. The summed E-state index contributed by atoms with van der Waals surface area (Å²) in [5.41, 5.74) is 3.41. The number of aromatic nitrogens is 3. The molecule has 0 bridgehead atoms. The van der Waals surface area contributed by atoms with E-state index in [4.69, 9.17) is 0 Å². The van der Waals surface area contributed by atoms with Crippen molar-refractivity contribution < 1.29 is 18.8 Å². The topological polar surface area (TPSA) is 100 Å². The Morgan fingerprint density at radius 3 is 2.68 bits per heavy atom. The van der Waals surface area contributed by atoms with E-state index in [-0.39, 0.29) is 30.1 Å². The quantitative estimate of drug-likeness (QED) is 0.272. The highest BCUT2D eigenvalue weighted by atomic mass is 19.1. The van der Waals surface area contributed by atoms with E-state index in [0.717, 1.165) is 46.7 Å². The number of nitrogens with one attached hydrogen (secondary N) is 1. The summed E-state index contributed by atoms with van der Waals surface area (Å²) in [5.74, 6) is -0.485. The highest BCUT2D eigenvalue weighted by molar-refractivity contribution is 6.08. The normalized spacial score (nSPS) is 18.0. The fourth-order valence-corrected chi connectivity index (χ4v) is 6.08. The number of likely N-dealkylation sites (N-methyl/N-ethyl adjacent to an activating group) is 1. The number of fused-ring (bicyclic) bond motifs is 1. The number of carbonyl (C=O) groups excluding carboxylic acids is 3. The van der Waals surface area contributed by atoms with Gasteiger partial charge in [0.1, 0.15) is 6.04 Å². The van der Waals surface area contributed by atoms with E-state index in [1.54, 1.807) is 18.3 Å². The third-order valence-electron chi connectivity index (χ3n) is 8.25. The predicted octanol–water partition coefficient (Wildman–Crippen LogP) is 4.06. The zero-order chi connectivity index (χ0) is 28.5. The number of aldehydes is 1. The van der Waals surface area contributed by atoms with Gasteiger partial charge in [-0.2, -0.15) is 5.10 Å². The molecule has 2 aliphatic rings. The van der Waals surface area contributed by atoms with Crippen molar-refractivity contribution in [3.05, 3.63) is 83.6 Å². The summed E-state index contributed by atoms with van der Waals surface area (Å²) in [6.45, 7) is 1.41. The number of rotatable bonds is 7. The van der Waals surface area contributed by atoms with Crippen molar-refractivity contribution in [1.29, 1.82) is 0 Å². The number of nitrogens with zero attached hydrogens (tertiary/aromatic N) is 5. The minimum absolute atomic E-state index is 0.217. The van der Waals surface area contributed by atoms with Crippen LogP contribution in [0.3, 0.4) is 0 Å². The van der Waals surface area contributed by atoms with Crippen molar-refractivity contribution in [2.45, 2.75) is 44.2 Å². The molecule has 210 valence electrons. The Kier molecular flexibility index (Phi) is 7.21. The van der Waals surface area contributed by atoms with Crippen LogP contribution in [0.2, 0.25) is 0 Å². The molecule has 2 aliphatic heterocycles. The lowest BCUT2D eigenvalue weighted by Gasteiger charge is -2.33. The van der Waals surface area contributed by atoms with Gasteiger partial charge in [-0.15, -0.1) is 0 Å². The van der Waals surface area contributed by atoms with Crippen LogP contribution in [0, 0.1) is 5.82 Å². The summed E-state index contributed by atoms with van der Waals surface area (Å²) < 4.78 is 16.2. The van der Waals surface area contributed by atoms with Gasteiger partial charge < -0.3 is 9.80 Å². The third-order valence-corrected chi connectivity index (χ3v) is 8.25. The number of imide groups is 1. The average Bonchev–Trinajstić information content (AvgIpc) is 3.45. The molecule has 1 unspecified atom stereocenters. The van der Waals surface area contributed by atoms with Gasteiger partial charge in [-0.05, 0) is 54.0 Å². The maximum atomic E-state index is 14.2. The molecule has 10 heteroatoms. The summed E-state index contributed by atoms with van der Waals surface area (Å²) in [5, 5.41) is 8.80.